The number of amides is 5. The van der Waals surface area contributed by atoms with E-state index in [0.29, 0.717) is 26.3 Å². The summed E-state index contributed by atoms with van der Waals surface area (Å²) in [5.41, 5.74) is 2.88. The van der Waals surface area contributed by atoms with E-state index in [9.17, 15) is 24.0 Å². The van der Waals surface area contributed by atoms with Gasteiger partial charge in [0, 0.05) is 32.6 Å². The number of nitrogens with one attached hydrogen (secondary N) is 5. The number of nitrogens with zero attached hydrogens (tertiary/aromatic N) is 1. The fraction of sp³-hybridized carbons (Fsp3) is 0.500. The molecule has 1 aliphatic heterocycles. The van der Waals surface area contributed by atoms with E-state index in [4.69, 9.17) is 16.3 Å². The Morgan fingerprint density at radius 2 is 1.40 bits per heavy atom. The van der Waals surface area contributed by atoms with Crippen LogP contribution in [-0.4, -0.2) is 97.8 Å². The van der Waals surface area contributed by atoms with E-state index in [2.05, 4.69) is 26.6 Å². The van der Waals surface area contributed by atoms with Crippen molar-refractivity contribution in [1.29, 1.82) is 0 Å². The minimum absolute atomic E-state index is 0.000648. The van der Waals surface area contributed by atoms with Crippen LogP contribution in [0.5, 0.6) is 0 Å². The van der Waals surface area contributed by atoms with Gasteiger partial charge in [-0.15, -0.1) is 11.6 Å². The molecule has 1 fully saturated rings. The van der Waals surface area contributed by atoms with Crippen LogP contribution in [0.1, 0.15) is 37.0 Å². The standard InChI is InChI=1S/C34H47ClN6O6/c1-23(2)17-27(39-34(46)29(21-36-30(42)19-35)38-31(43)22-41-13-15-47-16-14-41)33(45)40-28(18-25-7-5-4-6-8-25)32(44)37-20-26-11-9-24(3)10-12-26/h4-12,23,27-29H,13-22H2,1-3H3,(H,36,42)(H,37,44)(H,38,43)(H,39,46)(H,40,45)/t27-,28-,29-/m0/s1. The zero-order valence-corrected chi connectivity index (χ0v) is 28.1. The number of halogens is 1. The molecule has 256 valence electrons. The quantitative estimate of drug-likeness (QED) is 0.157. The molecule has 0 unspecified atom stereocenters. The smallest absolute Gasteiger partial charge is 0.245 e. The average Bonchev–Trinajstić information content (AvgIpc) is 3.06. The SMILES string of the molecule is Cc1ccc(CNC(=O)[C@H](Cc2ccccc2)NC(=O)[C@H](CC(C)C)NC(=O)[C@H](CNC(=O)CCl)NC(=O)CN2CCOCC2)cc1. The number of carbonyl (C=O) groups is 5. The summed E-state index contributed by atoms with van der Waals surface area (Å²) in [6, 6.07) is 14.0. The van der Waals surface area contributed by atoms with Crippen LogP contribution < -0.4 is 26.6 Å². The first-order valence-electron chi connectivity index (χ1n) is 15.9. The molecule has 0 saturated carbocycles. The molecule has 5 amide bonds. The van der Waals surface area contributed by atoms with Crippen LogP contribution >= 0.6 is 11.6 Å². The molecular weight excluding hydrogens is 624 g/mol. The number of ether oxygens (including phenoxy) is 1. The van der Waals surface area contributed by atoms with Gasteiger partial charge in [0.2, 0.25) is 29.5 Å². The molecule has 2 aromatic carbocycles. The maximum atomic E-state index is 13.8. The van der Waals surface area contributed by atoms with Crippen molar-refractivity contribution in [3.05, 3.63) is 71.3 Å². The summed E-state index contributed by atoms with van der Waals surface area (Å²) < 4.78 is 5.33. The van der Waals surface area contributed by atoms with Crippen molar-refractivity contribution >= 4 is 41.1 Å². The van der Waals surface area contributed by atoms with Gasteiger partial charge in [-0.2, -0.15) is 0 Å². The van der Waals surface area contributed by atoms with Crippen LogP contribution in [0.25, 0.3) is 0 Å². The molecule has 1 saturated heterocycles. The lowest BCUT2D eigenvalue weighted by atomic mass is 10.0. The van der Waals surface area contributed by atoms with Crippen LogP contribution in [0.3, 0.4) is 0 Å². The van der Waals surface area contributed by atoms with Crippen molar-refractivity contribution < 1.29 is 28.7 Å². The Balaban J connectivity index is 1.73. The van der Waals surface area contributed by atoms with E-state index in [1.54, 1.807) is 0 Å². The van der Waals surface area contributed by atoms with E-state index in [1.165, 1.54) is 0 Å². The van der Waals surface area contributed by atoms with Crippen molar-refractivity contribution in [3.8, 4) is 0 Å². The third-order valence-corrected chi connectivity index (χ3v) is 7.83. The number of carbonyl (C=O) groups excluding carboxylic acids is 5. The second-order valence-corrected chi connectivity index (χ2v) is 12.4. The van der Waals surface area contributed by atoms with Gasteiger partial charge in [-0.05, 0) is 30.4 Å². The molecule has 13 heteroatoms. The second kappa shape index (κ2) is 19.6. The fourth-order valence-electron chi connectivity index (χ4n) is 5.00. The number of rotatable bonds is 17. The first kappa shape index (κ1) is 37.5. The van der Waals surface area contributed by atoms with E-state index < -0.39 is 41.8 Å². The van der Waals surface area contributed by atoms with Crippen molar-refractivity contribution in [2.75, 3.05) is 45.3 Å². The molecule has 3 atom stereocenters. The first-order valence-corrected chi connectivity index (χ1v) is 16.5. The summed E-state index contributed by atoms with van der Waals surface area (Å²) in [6.07, 6.45) is 0.502. The Morgan fingerprint density at radius 3 is 2.04 bits per heavy atom. The lowest BCUT2D eigenvalue weighted by Crippen LogP contribution is -2.59. The van der Waals surface area contributed by atoms with Crippen molar-refractivity contribution in [2.45, 2.75) is 58.3 Å². The normalized spacial score (nSPS) is 15.2. The highest BCUT2D eigenvalue weighted by Crippen LogP contribution is 2.10. The average molecular weight is 671 g/mol. The monoisotopic (exact) mass is 670 g/mol. The predicted molar refractivity (Wildman–Crippen MR) is 179 cm³/mol. The molecule has 5 N–H and O–H groups in total. The molecule has 1 heterocycles. The van der Waals surface area contributed by atoms with Gasteiger partial charge < -0.3 is 31.3 Å². The second-order valence-electron chi connectivity index (χ2n) is 12.1. The molecule has 0 radical (unpaired) electrons. The van der Waals surface area contributed by atoms with Gasteiger partial charge in [0.25, 0.3) is 0 Å². The largest absolute Gasteiger partial charge is 0.379 e. The fourth-order valence-corrected chi connectivity index (χ4v) is 5.09. The van der Waals surface area contributed by atoms with Crippen LogP contribution in [-0.2, 0) is 41.7 Å². The molecule has 0 aromatic heterocycles. The van der Waals surface area contributed by atoms with Crippen LogP contribution in [0.2, 0.25) is 0 Å². The summed E-state index contributed by atoms with van der Waals surface area (Å²) in [7, 11) is 0. The lowest BCUT2D eigenvalue weighted by Gasteiger charge is -2.28. The third-order valence-electron chi connectivity index (χ3n) is 7.59. The summed E-state index contributed by atoms with van der Waals surface area (Å²) in [6.45, 7) is 8.07. The molecule has 12 nitrogen and oxygen atoms in total. The van der Waals surface area contributed by atoms with Gasteiger partial charge >= 0.3 is 0 Å². The highest BCUT2D eigenvalue weighted by Gasteiger charge is 2.31. The third kappa shape index (κ3) is 13.7. The lowest BCUT2D eigenvalue weighted by molar-refractivity contribution is -0.134. The zero-order chi connectivity index (χ0) is 34.2. The molecule has 47 heavy (non-hydrogen) atoms. The Labute approximate surface area is 281 Å². The molecule has 1 aliphatic rings. The molecule has 2 aromatic rings. The highest BCUT2D eigenvalue weighted by atomic mass is 35.5. The summed E-state index contributed by atoms with van der Waals surface area (Å²) in [5.74, 6) is -2.80. The van der Waals surface area contributed by atoms with Crippen molar-refractivity contribution in [3.63, 3.8) is 0 Å². The first-order chi connectivity index (χ1) is 22.5. The van der Waals surface area contributed by atoms with Gasteiger partial charge in [-0.25, -0.2) is 0 Å². The maximum absolute atomic E-state index is 13.8. The van der Waals surface area contributed by atoms with Gasteiger partial charge in [0.1, 0.15) is 24.0 Å². The van der Waals surface area contributed by atoms with Gasteiger partial charge in [0.15, 0.2) is 0 Å². The number of morpholine rings is 1. The summed E-state index contributed by atoms with van der Waals surface area (Å²) in [5, 5.41) is 13.7. The number of aryl methyl sites for hydroxylation is 1. The van der Waals surface area contributed by atoms with E-state index in [1.807, 2.05) is 80.3 Å². The minimum atomic E-state index is -1.17. The van der Waals surface area contributed by atoms with Crippen LogP contribution in [0.4, 0.5) is 0 Å². The predicted octanol–water partition coefficient (Wildman–Crippen LogP) is 1.04. The number of benzene rings is 2. The van der Waals surface area contributed by atoms with Crippen LogP contribution in [0, 0.1) is 12.8 Å². The van der Waals surface area contributed by atoms with Gasteiger partial charge in [-0.1, -0.05) is 74.0 Å². The van der Waals surface area contributed by atoms with Crippen LogP contribution in [0.15, 0.2) is 54.6 Å². The Morgan fingerprint density at radius 1 is 0.766 bits per heavy atom. The summed E-state index contributed by atoms with van der Waals surface area (Å²) in [4.78, 5) is 67.4. The van der Waals surface area contributed by atoms with Crippen molar-refractivity contribution in [1.82, 2.24) is 31.5 Å². The van der Waals surface area contributed by atoms with E-state index in [0.717, 1.165) is 16.7 Å². The summed E-state index contributed by atoms with van der Waals surface area (Å²) >= 11 is 5.62. The molecule has 0 aliphatic carbocycles. The van der Waals surface area contributed by atoms with Gasteiger partial charge in [0.05, 0.1) is 19.8 Å². The zero-order valence-electron chi connectivity index (χ0n) is 27.4. The minimum Gasteiger partial charge on any atom is -0.379 e. The number of alkyl halides is 1. The van der Waals surface area contributed by atoms with Gasteiger partial charge in [-0.3, -0.25) is 28.9 Å². The van der Waals surface area contributed by atoms with Crippen molar-refractivity contribution in [2.24, 2.45) is 5.92 Å². The number of hydrogen-bond donors (Lipinski definition) is 5. The Hall–Kier alpha value is -4.00. The van der Waals surface area contributed by atoms with E-state index in [-0.39, 0.29) is 50.2 Å². The molecule has 0 bridgehead atoms. The van der Waals surface area contributed by atoms with E-state index >= 15 is 0 Å². The molecule has 3 rings (SSSR count). The Kier molecular flexibility index (Phi) is 15.6. The maximum Gasteiger partial charge on any atom is 0.245 e. The Bertz CT molecular complexity index is 1320. The molecular formula is C34H47ClN6O6. The number of hydrogen-bond acceptors (Lipinski definition) is 7. The highest BCUT2D eigenvalue weighted by molar-refractivity contribution is 6.27. The topological polar surface area (TPSA) is 158 Å². The molecule has 0 spiro atoms.